The van der Waals surface area contributed by atoms with Crippen LogP contribution in [-0.4, -0.2) is 19.8 Å². The summed E-state index contributed by atoms with van der Waals surface area (Å²) in [6, 6.07) is 0. The van der Waals surface area contributed by atoms with Crippen LogP contribution in [0.2, 0.25) is 0 Å². The Kier molecular flexibility index (Phi) is 3.55. The molecule has 0 saturated heterocycles. The Morgan fingerprint density at radius 3 is 2.00 bits per heavy atom. The van der Waals surface area contributed by atoms with Gasteiger partial charge in [0.15, 0.2) is 0 Å². The van der Waals surface area contributed by atoms with Crippen molar-refractivity contribution in [1.29, 1.82) is 0 Å². The predicted octanol–water partition coefficient (Wildman–Crippen LogP) is -0.200. The van der Waals surface area contributed by atoms with Crippen molar-refractivity contribution < 1.29 is 0 Å². The molecule has 0 nitrogen and oxygen atoms in total. The summed E-state index contributed by atoms with van der Waals surface area (Å²) in [6.07, 6.45) is 0. The van der Waals surface area contributed by atoms with Gasteiger partial charge in [-0.3, -0.25) is 0 Å². The van der Waals surface area contributed by atoms with Crippen LogP contribution in [0.4, 0.5) is 0 Å². The summed E-state index contributed by atoms with van der Waals surface area (Å²) in [7, 11) is 3.04. The van der Waals surface area contributed by atoms with Crippen molar-refractivity contribution in [3.8, 4) is 0 Å². The fourth-order valence-corrected chi connectivity index (χ4v) is 0. The van der Waals surface area contributed by atoms with Gasteiger partial charge in [-0.2, -0.15) is 0 Å². The van der Waals surface area contributed by atoms with Crippen molar-refractivity contribution in [3.63, 3.8) is 0 Å². The standard InChI is InChI=1S/CH3B2P/c1-2-3-4/h4H,1H2. The molecule has 18 valence electrons. The van der Waals surface area contributed by atoms with Gasteiger partial charge in [-0.15, -0.1) is 0 Å². The third-order valence-corrected chi connectivity index (χ3v) is 0.354. The van der Waals surface area contributed by atoms with E-state index in [4.69, 9.17) is 0 Å². The van der Waals surface area contributed by atoms with Crippen molar-refractivity contribution in [1.82, 2.24) is 0 Å². The van der Waals surface area contributed by atoms with E-state index in [-0.39, 0.29) is 0 Å². The van der Waals surface area contributed by atoms with Gasteiger partial charge in [0.05, 0.1) is 0 Å². The van der Waals surface area contributed by atoms with Crippen LogP contribution >= 0.6 is 8.73 Å². The summed E-state index contributed by atoms with van der Waals surface area (Å²) in [5, 5.41) is 0. The molecule has 0 bridgehead atoms. The molecule has 0 radical (unpaired) electrons. The van der Waals surface area contributed by atoms with E-state index in [2.05, 4.69) is 15.2 Å². The first-order valence-electron chi connectivity index (χ1n) is 1.03. The SMILES string of the molecule is C=BB=P. The van der Waals surface area contributed by atoms with E-state index >= 15 is 0 Å². The van der Waals surface area contributed by atoms with Gasteiger partial charge in [-0.1, -0.05) is 0 Å². The van der Waals surface area contributed by atoms with Crippen LogP contribution in [0.15, 0.2) is 0 Å². The molecule has 0 atom stereocenters. The van der Waals surface area contributed by atoms with E-state index < -0.39 is 0 Å². The molecule has 0 spiro atoms. The number of hydrogen-bond donors (Lipinski definition) is 0. The summed E-state index contributed by atoms with van der Waals surface area (Å²) < 4.78 is 0. The van der Waals surface area contributed by atoms with Gasteiger partial charge in [0.25, 0.3) is 0 Å². The summed E-state index contributed by atoms with van der Waals surface area (Å²) >= 11 is 0. The molecule has 0 aromatic rings. The molecule has 0 heterocycles. The third kappa shape index (κ3) is 2.30. The van der Waals surface area contributed by atoms with Crippen molar-refractivity contribution in [3.05, 3.63) is 0 Å². The quantitative estimate of drug-likeness (QED) is 0.294. The van der Waals surface area contributed by atoms with Gasteiger partial charge in [-0.05, 0) is 0 Å². The monoisotopic (exact) mass is 68.0 g/mol. The van der Waals surface area contributed by atoms with Crippen molar-refractivity contribution in [2.24, 2.45) is 0 Å². The van der Waals surface area contributed by atoms with Gasteiger partial charge < -0.3 is 0 Å². The Balaban J connectivity index is 2.73. The van der Waals surface area contributed by atoms with E-state index in [1.807, 2.05) is 0 Å². The molecule has 3 heteroatoms. The Hall–Kier alpha value is 0.300. The summed E-state index contributed by atoms with van der Waals surface area (Å²) in [5.74, 6) is 0. The van der Waals surface area contributed by atoms with E-state index in [9.17, 15) is 0 Å². The molecular formula is CH3B2P. The minimum atomic E-state index is 1.66. The molecule has 4 heavy (non-hydrogen) atoms. The van der Waals surface area contributed by atoms with Gasteiger partial charge in [0.2, 0.25) is 0 Å². The molecule has 0 fully saturated rings. The second-order valence-electron chi connectivity index (χ2n) is 0.402. The Morgan fingerprint density at radius 1 is 1.75 bits per heavy atom. The fourth-order valence-electron chi connectivity index (χ4n) is 0. The van der Waals surface area contributed by atoms with E-state index in [1.165, 1.54) is 0 Å². The van der Waals surface area contributed by atoms with Crippen LogP contribution in [0.3, 0.4) is 0 Å². The second-order valence-corrected chi connectivity index (χ2v) is 0.736. The van der Waals surface area contributed by atoms with Crippen molar-refractivity contribution in [2.45, 2.75) is 0 Å². The molecule has 0 N–H and O–H groups in total. The zero-order valence-electron chi connectivity index (χ0n) is 2.36. The Morgan fingerprint density at radius 2 is 2.00 bits per heavy atom. The van der Waals surface area contributed by atoms with Gasteiger partial charge >= 0.3 is 28.5 Å². The second kappa shape index (κ2) is 3.30. The van der Waals surface area contributed by atoms with Crippen LogP contribution in [0, 0.1) is 0 Å². The zero-order chi connectivity index (χ0) is 3.41. The average Bonchev–Trinajstić information content (AvgIpc) is 1.37. The van der Waals surface area contributed by atoms with Crippen LogP contribution in [0.25, 0.3) is 0 Å². The van der Waals surface area contributed by atoms with Crippen LogP contribution in [0.5, 0.6) is 0 Å². The minimum absolute atomic E-state index is 1.66. The van der Waals surface area contributed by atoms with Gasteiger partial charge in [0.1, 0.15) is 0 Å². The summed E-state index contributed by atoms with van der Waals surface area (Å²) in [6.45, 7) is 6.73. The summed E-state index contributed by atoms with van der Waals surface area (Å²) in [5.41, 5.74) is 0. The van der Waals surface area contributed by atoms with Crippen molar-refractivity contribution >= 4 is 28.5 Å². The first-order chi connectivity index (χ1) is 1.91. The molecule has 0 aromatic carbocycles. The Labute approximate surface area is 29.5 Å². The summed E-state index contributed by atoms with van der Waals surface area (Å²) in [4.78, 5) is 0. The molecule has 0 aliphatic carbocycles. The Bertz CT molecular complexity index is 27.0. The van der Waals surface area contributed by atoms with Gasteiger partial charge in [-0.25, -0.2) is 0 Å². The topological polar surface area (TPSA) is 0 Å². The van der Waals surface area contributed by atoms with Crippen LogP contribution in [-0.2, 0) is 0 Å². The number of hydrogen-bond acceptors (Lipinski definition) is 0. The normalized spacial score (nSPS) is 3.00. The fraction of sp³-hybridized carbons (Fsp3) is 0. The number of rotatable bonds is 1. The molecule has 0 aliphatic rings. The van der Waals surface area contributed by atoms with E-state index in [0.717, 1.165) is 0 Å². The molecule has 0 saturated carbocycles. The van der Waals surface area contributed by atoms with Crippen LogP contribution in [0.1, 0.15) is 0 Å². The van der Waals surface area contributed by atoms with Gasteiger partial charge in [0, 0.05) is 0 Å². The van der Waals surface area contributed by atoms with Crippen LogP contribution < -0.4 is 0 Å². The molecule has 0 aliphatic heterocycles. The van der Waals surface area contributed by atoms with E-state index in [0.29, 0.717) is 0 Å². The predicted molar refractivity (Wildman–Crippen MR) is 26.9 cm³/mol. The maximum atomic E-state index is 3.38. The first kappa shape index (κ1) is 4.30. The molecular weight excluding hydrogens is 64.6 g/mol. The maximum absolute atomic E-state index is 3.38. The average molecular weight is 67.6 g/mol. The third-order valence-electron chi connectivity index (χ3n) is 0.118. The van der Waals surface area contributed by atoms with E-state index in [1.54, 1.807) is 13.3 Å². The first-order valence-corrected chi connectivity index (χ1v) is 1.61. The van der Waals surface area contributed by atoms with Crippen molar-refractivity contribution in [2.75, 3.05) is 0 Å². The zero-order valence-corrected chi connectivity index (χ0v) is 3.36. The molecule has 0 amide bonds. The molecule has 0 rings (SSSR count). The molecule has 0 aromatic heterocycles. The molecule has 0 unspecified atom stereocenters.